The molecule has 0 aliphatic heterocycles. The number of aliphatic hydroxyl groups excluding tert-OH is 1. The first-order valence-corrected chi connectivity index (χ1v) is 7.92. The van der Waals surface area contributed by atoms with Gasteiger partial charge in [-0.05, 0) is 42.9 Å². The molecule has 1 aliphatic carbocycles. The Morgan fingerprint density at radius 1 is 1.35 bits per heavy atom. The van der Waals surface area contributed by atoms with Crippen molar-refractivity contribution in [2.45, 2.75) is 72.4 Å². The van der Waals surface area contributed by atoms with E-state index in [0.29, 0.717) is 23.7 Å². The second-order valence-electron chi connectivity index (χ2n) is 7.53. The Labute approximate surface area is 122 Å². The predicted octanol–water partition coefficient (Wildman–Crippen LogP) is 3.05. The molecule has 1 fully saturated rings. The number of nitrogens with zero attached hydrogens (tertiary/aromatic N) is 3. The summed E-state index contributed by atoms with van der Waals surface area (Å²) in [5, 5.41) is 14.8. The summed E-state index contributed by atoms with van der Waals surface area (Å²) in [5.41, 5.74) is 0.452. The Bertz CT molecular complexity index is 415. The highest BCUT2D eigenvalue weighted by molar-refractivity contribution is 4.91. The summed E-state index contributed by atoms with van der Waals surface area (Å²) in [5.74, 6) is 1.89. The van der Waals surface area contributed by atoms with Gasteiger partial charge < -0.3 is 5.11 Å². The van der Waals surface area contributed by atoms with E-state index >= 15 is 0 Å². The van der Waals surface area contributed by atoms with Crippen molar-refractivity contribution >= 4 is 0 Å². The first-order chi connectivity index (χ1) is 9.37. The molecule has 114 valence electrons. The molecule has 2 rings (SSSR count). The molecule has 1 aromatic heterocycles. The molecule has 1 N–H and O–H groups in total. The standard InChI is InChI=1S/C16H29N3O/c1-12(2)10-19-15(17-11-18-19)9-14(20)13-5-7-16(3,4)8-6-13/h11-14,20H,5-10H2,1-4H3. The highest BCUT2D eigenvalue weighted by Crippen LogP contribution is 2.39. The quantitative estimate of drug-likeness (QED) is 0.901. The van der Waals surface area contributed by atoms with Crippen LogP contribution in [0.3, 0.4) is 0 Å². The van der Waals surface area contributed by atoms with Gasteiger partial charge in [-0.25, -0.2) is 9.67 Å². The van der Waals surface area contributed by atoms with Crippen molar-refractivity contribution in [1.29, 1.82) is 0 Å². The van der Waals surface area contributed by atoms with E-state index in [2.05, 4.69) is 37.8 Å². The zero-order chi connectivity index (χ0) is 14.8. The summed E-state index contributed by atoms with van der Waals surface area (Å²) in [4.78, 5) is 4.32. The van der Waals surface area contributed by atoms with Crippen LogP contribution in [0.15, 0.2) is 6.33 Å². The summed E-state index contributed by atoms with van der Waals surface area (Å²) in [6, 6.07) is 0. The van der Waals surface area contributed by atoms with Gasteiger partial charge >= 0.3 is 0 Å². The van der Waals surface area contributed by atoms with E-state index in [4.69, 9.17) is 0 Å². The molecule has 1 heterocycles. The van der Waals surface area contributed by atoms with Crippen molar-refractivity contribution in [3.63, 3.8) is 0 Å². The highest BCUT2D eigenvalue weighted by Gasteiger charge is 2.31. The summed E-state index contributed by atoms with van der Waals surface area (Å²) >= 11 is 0. The molecule has 0 spiro atoms. The molecule has 1 aliphatic rings. The van der Waals surface area contributed by atoms with Gasteiger partial charge in [0.2, 0.25) is 0 Å². The van der Waals surface area contributed by atoms with Crippen molar-refractivity contribution in [3.8, 4) is 0 Å². The van der Waals surface area contributed by atoms with Gasteiger partial charge in [0.1, 0.15) is 12.2 Å². The van der Waals surface area contributed by atoms with Crippen LogP contribution in [0.4, 0.5) is 0 Å². The number of aromatic nitrogens is 3. The van der Waals surface area contributed by atoms with Crippen molar-refractivity contribution in [2.24, 2.45) is 17.3 Å². The van der Waals surface area contributed by atoms with Gasteiger partial charge in [-0.3, -0.25) is 0 Å². The molecule has 0 aromatic carbocycles. The van der Waals surface area contributed by atoms with E-state index in [-0.39, 0.29) is 6.10 Å². The Kier molecular flexibility index (Phi) is 4.84. The second-order valence-corrected chi connectivity index (χ2v) is 7.53. The molecule has 1 unspecified atom stereocenters. The van der Waals surface area contributed by atoms with Crippen LogP contribution in [0, 0.1) is 17.3 Å². The second kappa shape index (κ2) is 6.25. The minimum absolute atomic E-state index is 0.277. The van der Waals surface area contributed by atoms with E-state index < -0.39 is 0 Å². The Morgan fingerprint density at radius 3 is 2.60 bits per heavy atom. The number of hydrogen-bond acceptors (Lipinski definition) is 3. The van der Waals surface area contributed by atoms with Crippen LogP contribution < -0.4 is 0 Å². The molecule has 0 radical (unpaired) electrons. The third-order valence-electron chi connectivity index (χ3n) is 4.55. The summed E-state index contributed by atoms with van der Waals surface area (Å²) in [7, 11) is 0. The van der Waals surface area contributed by atoms with E-state index in [1.165, 1.54) is 12.8 Å². The Hall–Kier alpha value is -0.900. The lowest BCUT2D eigenvalue weighted by atomic mass is 9.71. The fraction of sp³-hybridized carbons (Fsp3) is 0.875. The van der Waals surface area contributed by atoms with Gasteiger partial charge in [0.05, 0.1) is 6.10 Å². The van der Waals surface area contributed by atoms with Crippen molar-refractivity contribution < 1.29 is 5.11 Å². The van der Waals surface area contributed by atoms with Crippen LogP contribution in [0.5, 0.6) is 0 Å². The maximum absolute atomic E-state index is 10.5. The average Bonchev–Trinajstić information content (AvgIpc) is 2.75. The van der Waals surface area contributed by atoms with Crippen molar-refractivity contribution in [2.75, 3.05) is 0 Å². The maximum Gasteiger partial charge on any atom is 0.138 e. The van der Waals surface area contributed by atoms with Crippen LogP contribution in [0.25, 0.3) is 0 Å². The number of aliphatic hydroxyl groups is 1. The number of rotatable bonds is 5. The van der Waals surface area contributed by atoms with E-state index in [1.807, 2.05) is 4.68 Å². The molecule has 4 heteroatoms. The van der Waals surface area contributed by atoms with E-state index in [0.717, 1.165) is 25.2 Å². The minimum atomic E-state index is -0.277. The van der Waals surface area contributed by atoms with Gasteiger partial charge in [0, 0.05) is 13.0 Å². The molecule has 1 saturated carbocycles. The molecule has 1 atom stereocenters. The first kappa shape index (κ1) is 15.5. The van der Waals surface area contributed by atoms with Gasteiger partial charge in [-0.2, -0.15) is 5.10 Å². The zero-order valence-corrected chi connectivity index (χ0v) is 13.3. The van der Waals surface area contributed by atoms with Crippen molar-refractivity contribution in [1.82, 2.24) is 14.8 Å². The van der Waals surface area contributed by atoms with Crippen LogP contribution in [-0.2, 0) is 13.0 Å². The minimum Gasteiger partial charge on any atom is -0.392 e. The van der Waals surface area contributed by atoms with Crippen LogP contribution in [0.2, 0.25) is 0 Å². The molecule has 20 heavy (non-hydrogen) atoms. The van der Waals surface area contributed by atoms with Gasteiger partial charge in [-0.1, -0.05) is 27.7 Å². The lowest BCUT2D eigenvalue weighted by molar-refractivity contribution is 0.0554. The first-order valence-electron chi connectivity index (χ1n) is 7.92. The smallest absolute Gasteiger partial charge is 0.138 e. The topological polar surface area (TPSA) is 50.9 Å². The third kappa shape index (κ3) is 4.05. The molecule has 1 aromatic rings. The van der Waals surface area contributed by atoms with Gasteiger partial charge in [0.25, 0.3) is 0 Å². The molecule has 0 bridgehead atoms. The largest absolute Gasteiger partial charge is 0.392 e. The fourth-order valence-corrected chi connectivity index (χ4v) is 3.10. The molecular formula is C16H29N3O. The van der Waals surface area contributed by atoms with E-state index in [9.17, 15) is 5.11 Å². The fourth-order valence-electron chi connectivity index (χ4n) is 3.10. The number of hydrogen-bond donors (Lipinski definition) is 1. The Morgan fingerprint density at radius 2 is 2.00 bits per heavy atom. The SMILES string of the molecule is CC(C)Cn1ncnc1CC(O)C1CCC(C)(C)CC1. The van der Waals surface area contributed by atoms with Crippen LogP contribution in [-0.4, -0.2) is 26.0 Å². The van der Waals surface area contributed by atoms with Crippen LogP contribution >= 0.6 is 0 Å². The predicted molar refractivity (Wildman–Crippen MR) is 80.3 cm³/mol. The molecule has 0 saturated heterocycles. The summed E-state index contributed by atoms with van der Waals surface area (Å²) in [6.07, 6.45) is 6.66. The zero-order valence-electron chi connectivity index (χ0n) is 13.3. The van der Waals surface area contributed by atoms with Crippen molar-refractivity contribution in [3.05, 3.63) is 12.2 Å². The highest BCUT2D eigenvalue weighted by atomic mass is 16.3. The molecular weight excluding hydrogens is 250 g/mol. The maximum atomic E-state index is 10.5. The normalized spacial score (nSPS) is 21.3. The lowest BCUT2D eigenvalue weighted by Crippen LogP contribution is -2.31. The molecule has 0 amide bonds. The lowest BCUT2D eigenvalue weighted by Gasteiger charge is -2.36. The molecule has 4 nitrogen and oxygen atoms in total. The average molecular weight is 279 g/mol. The van der Waals surface area contributed by atoms with Gasteiger partial charge in [-0.15, -0.1) is 0 Å². The van der Waals surface area contributed by atoms with Crippen LogP contribution in [0.1, 0.15) is 59.2 Å². The van der Waals surface area contributed by atoms with Gasteiger partial charge in [0.15, 0.2) is 0 Å². The Balaban J connectivity index is 1.92. The monoisotopic (exact) mass is 279 g/mol. The third-order valence-corrected chi connectivity index (χ3v) is 4.55. The van der Waals surface area contributed by atoms with E-state index in [1.54, 1.807) is 6.33 Å². The summed E-state index contributed by atoms with van der Waals surface area (Å²) < 4.78 is 1.95. The summed E-state index contributed by atoms with van der Waals surface area (Å²) in [6.45, 7) is 9.87.